The summed E-state index contributed by atoms with van der Waals surface area (Å²) in [7, 11) is 0. The lowest BCUT2D eigenvalue weighted by Gasteiger charge is -2.09. The number of rotatable bonds is 9. The van der Waals surface area contributed by atoms with Gasteiger partial charge in [-0.05, 0) is 46.3 Å². The Kier molecular flexibility index (Phi) is 7.36. The largest absolute Gasteiger partial charge is 0.492 e. The molecule has 1 heterocycles. The van der Waals surface area contributed by atoms with Crippen molar-refractivity contribution in [2.75, 3.05) is 17.7 Å². The van der Waals surface area contributed by atoms with Gasteiger partial charge in [0.15, 0.2) is 0 Å². The molecule has 1 N–H and O–H groups in total. The first kappa shape index (κ1) is 19.5. The number of amides is 1. The maximum absolute atomic E-state index is 12.2. The van der Waals surface area contributed by atoms with Crippen molar-refractivity contribution in [3.63, 3.8) is 0 Å². The molecule has 0 aliphatic rings. The molecule has 0 radical (unpaired) electrons. The van der Waals surface area contributed by atoms with Gasteiger partial charge < -0.3 is 10.1 Å². The van der Waals surface area contributed by atoms with Crippen LogP contribution in [0.1, 0.15) is 6.42 Å². The highest BCUT2D eigenvalue weighted by Crippen LogP contribution is 2.27. The van der Waals surface area contributed by atoms with Crippen molar-refractivity contribution in [2.24, 2.45) is 0 Å². The summed E-state index contributed by atoms with van der Waals surface area (Å²) >= 11 is 5.18. The monoisotopic (exact) mass is 445 g/mol. The predicted octanol–water partition coefficient (Wildman–Crippen LogP) is 4.85. The van der Waals surface area contributed by atoms with Crippen molar-refractivity contribution in [1.29, 1.82) is 0 Å². The average Bonchev–Trinajstić information content (AvgIpc) is 3.17. The highest BCUT2D eigenvalue weighted by atomic mass is 79.9. The number of anilines is 1. The van der Waals surface area contributed by atoms with Crippen LogP contribution in [0.15, 0.2) is 76.4 Å². The van der Waals surface area contributed by atoms with E-state index in [4.69, 9.17) is 4.74 Å². The number of nitrogens with one attached hydrogen (secondary N) is 1. The summed E-state index contributed by atoms with van der Waals surface area (Å²) < 4.78 is 8.60. The predicted molar refractivity (Wildman–Crippen MR) is 112 cm³/mol. The molecule has 1 aromatic heterocycles. The number of hydrogen-bond acceptors (Lipinski definition) is 4. The molecule has 0 fully saturated rings. The minimum absolute atomic E-state index is 0.0109. The molecular weight excluding hydrogens is 426 g/mol. The van der Waals surface area contributed by atoms with Gasteiger partial charge >= 0.3 is 0 Å². The van der Waals surface area contributed by atoms with Crippen molar-refractivity contribution in [1.82, 2.24) is 9.78 Å². The number of thioether (sulfide) groups is 1. The van der Waals surface area contributed by atoms with Crippen molar-refractivity contribution in [2.45, 2.75) is 17.9 Å². The molecule has 27 heavy (non-hydrogen) atoms. The van der Waals surface area contributed by atoms with E-state index in [1.165, 1.54) is 0 Å². The topological polar surface area (TPSA) is 56.1 Å². The zero-order chi connectivity index (χ0) is 18.9. The first-order valence-corrected chi connectivity index (χ1v) is 10.4. The molecule has 0 atom stereocenters. The van der Waals surface area contributed by atoms with E-state index in [1.807, 2.05) is 65.5 Å². The number of benzene rings is 2. The van der Waals surface area contributed by atoms with E-state index >= 15 is 0 Å². The lowest BCUT2D eigenvalue weighted by molar-refractivity contribution is -0.115. The van der Waals surface area contributed by atoms with Gasteiger partial charge in [0.2, 0.25) is 5.91 Å². The van der Waals surface area contributed by atoms with Crippen molar-refractivity contribution in [3.8, 4) is 5.75 Å². The smallest absolute Gasteiger partial charge is 0.225 e. The van der Waals surface area contributed by atoms with Crippen LogP contribution in [-0.2, 0) is 11.3 Å². The standard InChI is InChI=1S/C20H20BrN3O2S/c21-18-7-1-2-8-19(18)27-14-9-20(25)23-16-5-3-6-17(15-16)26-13-12-24-11-4-10-22-24/h1-8,10-11,15H,9,12-14H2,(H,23,25). The number of nitrogens with zero attached hydrogens (tertiary/aromatic N) is 2. The van der Waals surface area contributed by atoms with E-state index in [0.717, 1.165) is 20.8 Å². The number of ether oxygens (including phenoxy) is 1. The molecule has 0 spiro atoms. The van der Waals surface area contributed by atoms with Gasteiger partial charge in [-0.2, -0.15) is 5.10 Å². The van der Waals surface area contributed by atoms with Crippen molar-refractivity contribution >= 4 is 39.3 Å². The Morgan fingerprint density at radius 1 is 1.19 bits per heavy atom. The molecule has 0 unspecified atom stereocenters. The normalized spacial score (nSPS) is 10.6. The summed E-state index contributed by atoms with van der Waals surface area (Å²) in [5, 5.41) is 7.06. The summed E-state index contributed by atoms with van der Waals surface area (Å²) in [5.74, 6) is 1.43. The van der Waals surface area contributed by atoms with Crippen LogP contribution in [0.4, 0.5) is 5.69 Å². The second-order valence-electron chi connectivity index (χ2n) is 5.72. The fourth-order valence-electron chi connectivity index (χ4n) is 2.39. The van der Waals surface area contributed by atoms with Crippen molar-refractivity contribution < 1.29 is 9.53 Å². The van der Waals surface area contributed by atoms with Crippen LogP contribution >= 0.6 is 27.7 Å². The van der Waals surface area contributed by atoms with E-state index in [1.54, 1.807) is 18.0 Å². The summed E-state index contributed by atoms with van der Waals surface area (Å²) in [6.45, 7) is 1.19. The Balaban J connectivity index is 1.42. The van der Waals surface area contributed by atoms with Crippen LogP contribution < -0.4 is 10.1 Å². The summed E-state index contributed by atoms with van der Waals surface area (Å²) in [4.78, 5) is 13.3. The van der Waals surface area contributed by atoms with Crippen LogP contribution in [-0.4, -0.2) is 28.0 Å². The van der Waals surface area contributed by atoms with Gasteiger partial charge in [0.1, 0.15) is 12.4 Å². The zero-order valence-electron chi connectivity index (χ0n) is 14.7. The van der Waals surface area contributed by atoms with Gasteiger partial charge in [0.25, 0.3) is 0 Å². The number of carbonyl (C=O) groups excluding carboxylic acids is 1. The minimum Gasteiger partial charge on any atom is -0.492 e. The maximum Gasteiger partial charge on any atom is 0.225 e. The van der Waals surface area contributed by atoms with Crippen LogP contribution in [0, 0.1) is 0 Å². The highest BCUT2D eigenvalue weighted by Gasteiger charge is 2.06. The van der Waals surface area contributed by atoms with Gasteiger partial charge in [-0.3, -0.25) is 9.48 Å². The quantitative estimate of drug-likeness (QED) is 0.478. The fourth-order valence-corrected chi connectivity index (χ4v) is 3.91. The minimum atomic E-state index is -0.0109. The number of aromatic nitrogens is 2. The van der Waals surface area contributed by atoms with Gasteiger partial charge in [0, 0.05) is 45.7 Å². The maximum atomic E-state index is 12.2. The Labute approximate surface area is 171 Å². The molecule has 5 nitrogen and oxygen atoms in total. The second-order valence-corrected chi connectivity index (χ2v) is 7.71. The van der Waals surface area contributed by atoms with E-state index in [9.17, 15) is 4.79 Å². The third-order valence-corrected chi connectivity index (χ3v) is 5.72. The molecule has 0 saturated carbocycles. The molecule has 0 aliphatic heterocycles. The molecular formula is C20H20BrN3O2S. The fraction of sp³-hybridized carbons (Fsp3) is 0.200. The lowest BCUT2D eigenvalue weighted by Crippen LogP contribution is -2.12. The molecule has 3 aromatic rings. The summed E-state index contributed by atoms with van der Waals surface area (Å²) in [5.41, 5.74) is 0.738. The molecule has 2 aromatic carbocycles. The van der Waals surface area contributed by atoms with E-state index in [2.05, 4.69) is 26.3 Å². The molecule has 3 rings (SSSR count). The Hall–Kier alpha value is -2.25. The van der Waals surface area contributed by atoms with Crippen molar-refractivity contribution in [3.05, 3.63) is 71.5 Å². The third-order valence-electron chi connectivity index (χ3n) is 3.69. The molecule has 140 valence electrons. The molecule has 0 saturated heterocycles. The zero-order valence-corrected chi connectivity index (χ0v) is 17.1. The van der Waals surface area contributed by atoms with Gasteiger partial charge in [-0.25, -0.2) is 0 Å². The summed E-state index contributed by atoms with van der Waals surface area (Å²) in [6, 6.07) is 17.3. The Morgan fingerprint density at radius 2 is 2.07 bits per heavy atom. The molecule has 0 bridgehead atoms. The highest BCUT2D eigenvalue weighted by molar-refractivity contribution is 9.10. The number of halogens is 1. The third kappa shape index (κ3) is 6.45. The number of carbonyl (C=O) groups is 1. The Bertz CT molecular complexity index is 871. The van der Waals surface area contributed by atoms with Crippen LogP contribution in [0.5, 0.6) is 5.75 Å². The molecule has 7 heteroatoms. The second kappa shape index (κ2) is 10.2. The van der Waals surface area contributed by atoms with Crippen LogP contribution in [0.25, 0.3) is 0 Å². The van der Waals surface area contributed by atoms with E-state index in [0.29, 0.717) is 25.3 Å². The number of hydrogen-bond donors (Lipinski definition) is 1. The van der Waals surface area contributed by atoms with E-state index in [-0.39, 0.29) is 5.91 Å². The first-order chi connectivity index (χ1) is 13.2. The van der Waals surface area contributed by atoms with Gasteiger partial charge in [0.05, 0.1) is 6.54 Å². The van der Waals surface area contributed by atoms with Crippen LogP contribution in [0.3, 0.4) is 0 Å². The van der Waals surface area contributed by atoms with E-state index < -0.39 is 0 Å². The van der Waals surface area contributed by atoms with Crippen LogP contribution in [0.2, 0.25) is 0 Å². The average molecular weight is 446 g/mol. The Morgan fingerprint density at radius 3 is 2.89 bits per heavy atom. The lowest BCUT2D eigenvalue weighted by atomic mass is 10.3. The summed E-state index contributed by atoms with van der Waals surface area (Å²) in [6.07, 6.45) is 4.08. The molecule has 1 amide bonds. The van der Waals surface area contributed by atoms with Gasteiger partial charge in [-0.1, -0.05) is 18.2 Å². The SMILES string of the molecule is O=C(CCSc1ccccc1Br)Nc1cccc(OCCn2cccn2)c1. The molecule has 0 aliphatic carbocycles. The first-order valence-electron chi connectivity index (χ1n) is 8.58. The van der Waals surface area contributed by atoms with Gasteiger partial charge in [-0.15, -0.1) is 11.8 Å².